The lowest BCUT2D eigenvalue weighted by atomic mass is 9.97. The summed E-state index contributed by atoms with van der Waals surface area (Å²) in [6.45, 7) is 13.4. The van der Waals surface area contributed by atoms with Crippen molar-refractivity contribution >= 4 is 35.6 Å². The van der Waals surface area contributed by atoms with Crippen LogP contribution in [0.15, 0.2) is 12.4 Å². The van der Waals surface area contributed by atoms with Crippen LogP contribution in [0.1, 0.15) is 69.9 Å². The van der Waals surface area contributed by atoms with E-state index in [-0.39, 0.29) is 49.6 Å². The molecule has 5 heterocycles. The van der Waals surface area contributed by atoms with Crippen LogP contribution in [0.25, 0.3) is 0 Å². The minimum absolute atomic E-state index is 0. The fourth-order valence-electron chi connectivity index (χ4n) is 7.08. The Bertz CT molecular complexity index is 1900. The molecular weight excluding hydrogens is 838 g/mol. The topological polar surface area (TPSA) is 252 Å². The van der Waals surface area contributed by atoms with Gasteiger partial charge in [-0.05, 0) is 32.1 Å². The first-order valence-corrected chi connectivity index (χ1v) is 21.7. The van der Waals surface area contributed by atoms with Crippen molar-refractivity contribution in [2.24, 2.45) is 5.92 Å². The van der Waals surface area contributed by atoms with Crippen molar-refractivity contribution in [2.45, 2.75) is 71.4 Å². The van der Waals surface area contributed by atoms with E-state index in [0.29, 0.717) is 115 Å². The van der Waals surface area contributed by atoms with E-state index in [1.807, 2.05) is 16.0 Å². The molecule has 5 rings (SSSR count). The second-order valence-electron chi connectivity index (χ2n) is 15.4. The summed E-state index contributed by atoms with van der Waals surface area (Å²) in [6, 6.07) is -1.06. The number of terminal acetylenes is 1. The Hall–Kier alpha value is -5.21. The lowest BCUT2D eigenvalue weighted by molar-refractivity contribution is -0.368. The number of rotatable bonds is 26. The van der Waals surface area contributed by atoms with Crippen LogP contribution in [0.4, 0.5) is 17.8 Å². The molecule has 23 heteroatoms. The number of quaternary nitrogens is 1. The second-order valence-corrected chi connectivity index (χ2v) is 15.4. The molecule has 3 atom stereocenters. The molecule has 0 aromatic carbocycles. The van der Waals surface area contributed by atoms with E-state index in [2.05, 4.69) is 56.3 Å². The molecule has 3 aromatic heterocycles. The number of piperazine rings is 2. The van der Waals surface area contributed by atoms with Crippen molar-refractivity contribution in [3.63, 3.8) is 0 Å². The molecule has 0 unspecified atom stereocenters. The van der Waals surface area contributed by atoms with Gasteiger partial charge >= 0.3 is 5.97 Å². The molecule has 0 radical (unpaired) electrons. The van der Waals surface area contributed by atoms with E-state index in [1.165, 1.54) is 4.68 Å². The molecule has 5 N–H and O–H groups in total. The third kappa shape index (κ3) is 15.2. The van der Waals surface area contributed by atoms with Crippen molar-refractivity contribution < 1.29 is 51.8 Å². The molecule has 0 saturated carbocycles. The summed E-state index contributed by atoms with van der Waals surface area (Å²) in [5.41, 5.74) is 5.33. The maximum absolute atomic E-state index is 14.1. The first-order valence-electron chi connectivity index (χ1n) is 21.7. The van der Waals surface area contributed by atoms with E-state index in [4.69, 9.17) is 40.7 Å². The molecule has 348 valence electrons. The van der Waals surface area contributed by atoms with Crippen LogP contribution in [0.2, 0.25) is 0 Å². The minimum Gasteiger partial charge on any atom is -1.00 e. The molecule has 2 aliphatic rings. The number of anilines is 3. The molecular formula is C40H64ClN15O7. The molecule has 3 aromatic rings. The van der Waals surface area contributed by atoms with E-state index in [1.54, 1.807) is 22.7 Å². The Labute approximate surface area is 375 Å². The summed E-state index contributed by atoms with van der Waals surface area (Å²) in [6.07, 6.45) is 12.5. The average Bonchev–Trinajstić information content (AvgIpc) is 3.97. The Morgan fingerprint density at radius 3 is 1.94 bits per heavy atom. The Kier molecular flexibility index (Phi) is 21.2. The fraction of sp³-hybridized carbons (Fsp3) is 0.700. The number of carboxylic acids is 1. The quantitative estimate of drug-likeness (QED) is 0.0524. The zero-order valence-corrected chi connectivity index (χ0v) is 37.6. The first kappa shape index (κ1) is 50.4. The van der Waals surface area contributed by atoms with Crippen LogP contribution in [0.3, 0.4) is 0 Å². The smallest absolute Gasteiger partial charge is 0.303 e. The average molecular weight is 903 g/mol. The number of aryl methyl sites for hydroxylation is 2. The van der Waals surface area contributed by atoms with Crippen molar-refractivity contribution in [3.05, 3.63) is 23.8 Å². The van der Waals surface area contributed by atoms with Gasteiger partial charge in [0.05, 0.1) is 57.4 Å². The van der Waals surface area contributed by atoms with E-state index >= 15 is 0 Å². The Morgan fingerprint density at radius 2 is 1.35 bits per heavy atom. The van der Waals surface area contributed by atoms with Gasteiger partial charge in [0, 0.05) is 77.7 Å². The van der Waals surface area contributed by atoms with Gasteiger partial charge in [-0.2, -0.15) is 15.0 Å². The number of unbranched alkanes of at least 4 members (excludes halogenated alkanes) is 1. The number of amides is 2. The Balaban J connectivity index is 0.00000871. The van der Waals surface area contributed by atoms with E-state index in [0.717, 1.165) is 37.9 Å². The summed E-state index contributed by atoms with van der Waals surface area (Å²) in [5, 5.41) is 29.2. The molecule has 2 amide bonds. The van der Waals surface area contributed by atoms with Crippen molar-refractivity contribution in [1.82, 2.24) is 54.7 Å². The number of nitrogens with zero attached hydrogens (tertiary/aromatic N) is 13. The fourth-order valence-corrected chi connectivity index (χ4v) is 7.08. The molecule has 0 spiro atoms. The van der Waals surface area contributed by atoms with E-state index in [9.17, 15) is 14.4 Å². The Morgan fingerprint density at radius 1 is 0.794 bits per heavy atom. The zero-order valence-electron chi connectivity index (χ0n) is 36.8. The van der Waals surface area contributed by atoms with Gasteiger partial charge in [0.25, 0.3) is 0 Å². The predicted molar refractivity (Wildman–Crippen MR) is 227 cm³/mol. The number of halogens is 1. The number of carboxylic acid groups (broad SMARTS) is 1. The molecule has 2 fully saturated rings. The van der Waals surface area contributed by atoms with E-state index < -0.39 is 18.1 Å². The van der Waals surface area contributed by atoms with Gasteiger partial charge in [0.1, 0.15) is 18.7 Å². The summed E-state index contributed by atoms with van der Waals surface area (Å²) in [5.74, 6) is 2.83. The zero-order chi connectivity index (χ0) is 44.3. The third-order valence-electron chi connectivity index (χ3n) is 10.9. The predicted octanol–water partition coefficient (Wildman–Crippen LogP) is -3.42. The summed E-state index contributed by atoms with van der Waals surface area (Å²) < 4.78 is 19.7. The maximum Gasteiger partial charge on any atom is 0.303 e. The van der Waals surface area contributed by atoms with Gasteiger partial charge in [0.15, 0.2) is 0 Å². The number of hydrogen-bond donors (Lipinski definition) is 3. The van der Waals surface area contributed by atoms with Gasteiger partial charge in [0.2, 0.25) is 29.7 Å². The lowest BCUT2D eigenvalue weighted by Crippen LogP contribution is -3.00. The number of carbonyl (C=O) groups is 3. The molecule has 0 bridgehead atoms. The first-order chi connectivity index (χ1) is 30.1. The van der Waals surface area contributed by atoms with Crippen LogP contribution in [0, 0.1) is 18.3 Å². The number of aliphatic carboxylic acids is 1. The number of nitrogens with one attached hydrogen (secondary N) is 1. The van der Waals surface area contributed by atoms with Crippen molar-refractivity contribution in [3.8, 4) is 12.3 Å². The molecule has 2 aliphatic heterocycles. The van der Waals surface area contributed by atoms with Crippen LogP contribution >= 0.6 is 0 Å². The highest BCUT2D eigenvalue weighted by atomic mass is 35.5. The molecule has 22 nitrogen and oxygen atoms in total. The largest absolute Gasteiger partial charge is 1.00 e. The highest BCUT2D eigenvalue weighted by molar-refractivity contribution is 5.81. The molecule has 63 heavy (non-hydrogen) atoms. The normalized spacial score (nSPS) is 15.7. The van der Waals surface area contributed by atoms with Crippen LogP contribution in [-0.2, 0) is 41.4 Å². The van der Waals surface area contributed by atoms with Gasteiger partial charge < -0.3 is 62.4 Å². The number of hydrogen-bond acceptors (Lipinski definition) is 16. The summed E-state index contributed by atoms with van der Waals surface area (Å²) in [7, 11) is 0. The van der Waals surface area contributed by atoms with Gasteiger partial charge in [-0.25, -0.2) is 9.36 Å². The lowest BCUT2D eigenvalue weighted by Gasteiger charge is -2.38. The van der Waals surface area contributed by atoms with Gasteiger partial charge in [-0.3, -0.25) is 14.4 Å². The third-order valence-corrected chi connectivity index (χ3v) is 10.9. The van der Waals surface area contributed by atoms with Crippen LogP contribution < -0.4 is 33.3 Å². The maximum atomic E-state index is 14.1. The molecule has 2 saturated heterocycles. The number of ether oxygens (including phenoxy) is 3. The van der Waals surface area contributed by atoms with Gasteiger partial charge in [-0.1, -0.05) is 36.6 Å². The second kappa shape index (κ2) is 26.4. The molecule has 0 aliphatic carbocycles. The van der Waals surface area contributed by atoms with Crippen LogP contribution in [0.5, 0.6) is 0 Å². The van der Waals surface area contributed by atoms with Crippen molar-refractivity contribution in [1.29, 1.82) is 0 Å². The van der Waals surface area contributed by atoms with Crippen LogP contribution in [-0.4, -0.2) is 183 Å². The van der Waals surface area contributed by atoms with Crippen molar-refractivity contribution in [2.75, 3.05) is 120 Å². The highest BCUT2D eigenvalue weighted by Crippen LogP contribution is 2.26. The minimum atomic E-state index is -0.921. The SMILES string of the molecule is C#CCOCCOCCOCCNc1nc(N2CCN(C(=O)[C@H]([C@@H](C)CC)n3cc(CCCC[NH3+])nn3)CC2)nc(N2CCN(C(=O)[C@H](C)n3cc(CCC(=O)O)nn3)CC2)n1.[Cl-]. The highest BCUT2D eigenvalue weighted by Gasteiger charge is 2.34. The van der Waals surface area contributed by atoms with Gasteiger partial charge in [-0.15, -0.1) is 16.6 Å². The standard InChI is InChI=1S/C40H63N15O7.ClH/c1-5-22-60-24-26-62-27-25-61-23-13-42-38-43-39(52-18-14-50(15-19-52)36(58)31(4)54-28-33(47-48-54)10-11-34(56)57)45-40(44-38)53-20-16-51(17-21-53)37(59)35(30(3)6-2)55-29-32(46-49-55)9-7-8-12-41;/h1,28-31,35H,6-27,41H2,2-4H3,(H,56,57)(H,42,43,44,45);1H/t30-,31-,35-;/m0./s1. The summed E-state index contributed by atoms with van der Waals surface area (Å²) >= 11 is 0. The summed E-state index contributed by atoms with van der Waals surface area (Å²) in [4.78, 5) is 60.9. The number of carbonyl (C=O) groups excluding carboxylic acids is 2. The number of aromatic nitrogens is 9. The monoisotopic (exact) mass is 901 g/mol.